The van der Waals surface area contributed by atoms with Crippen molar-refractivity contribution in [3.05, 3.63) is 34.9 Å². The summed E-state index contributed by atoms with van der Waals surface area (Å²) >= 11 is 0. The maximum Gasteiger partial charge on any atom is -0.00773 e. The Morgan fingerprint density at radius 3 is 2.33 bits per heavy atom. The number of unbranched alkanes of at least 4 members (excludes halogenated alkanes) is 1. The van der Waals surface area contributed by atoms with Gasteiger partial charge in [-0.1, -0.05) is 52.3 Å². The molecular formula is C17H29N. The van der Waals surface area contributed by atoms with Crippen molar-refractivity contribution in [3.8, 4) is 0 Å². The summed E-state index contributed by atoms with van der Waals surface area (Å²) in [6.45, 7) is 12.2. The molecule has 1 nitrogen and oxygen atoms in total. The number of rotatable bonds is 5. The zero-order valence-electron chi connectivity index (χ0n) is 12.7. The molecular weight excluding hydrogens is 218 g/mol. The zero-order valence-corrected chi connectivity index (χ0v) is 12.7. The van der Waals surface area contributed by atoms with E-state index in [1.54, 1.807) is 0 Å². The van der Waals surface area contributed by atoms with Crippen molar-refractivity contribution < 1.29 is 0 Å². The monoisotopic (exact) mass is 247 g/mol. The van der Waals surface area contributed by atoms with Crippen LogP contribution in [0.15, 0.2) is 18.2 Å². The Bertz CT molecular complexity index is 374. The third kappa shape index (κ3) is 4.13. The Morgan fingerprint density at radius 2 is 1.83 bits per heavy atom. The molecule has 1 rings (SSSR count). The Balaban J connectivity index is 2.79. The summed E-state index contributed by atoms with van der Waals surface area (Å²) < 4.78 is 0. The summed E-state index contributed by atoms with van der Waals surface area (Å²) in [4.78, 5) is 0. The van der Waals surface area contributed by atoms with Crippen LogP contribution in [-0.4, -0.2) is 6.54 Å². The van der Waals surface area contributed by atoms with Crippen LogP contribution in [-0.2, 0) is 5.41 Å². The van der Waals surface area contributed by atoms with Crippen LogP contribution < -0.4 is 5.73 Å². The van der Waals surface area contributed by atoms with Gasteiger partial charge in [0.2, 0.25) is 0 Å². The summed E-state index contributed by atoms with van der Waals surface area (Å²) in [6, 6.07) is 6.97. The average molecular weight is 247 g/mol. The van der Waals surface area contributed by atoms with E-state index in [1.807, 2.05) is 0 Å². The van der Waals surface area contributed by atoms with Gasteiger partial charge in [0.25, 0.3) is 0 Å². The number of hydrogen-bond donors (Lipinski definition) is 1. The average Bonchev–Trinajstić information content (AvgIpc) is 2.27. The fourth-order valence-corrected chi connectivity index (χ4v) is 2.45. The van der Waals surface area contributed by atoms with Crippen LogP contribution >= 0.6 is 0 Å². The first-order valence-corrected chi connectivity index (χ1v) is 7.17. The number of hydrogen-bond acceptors (Lipinski definition) is 1. The molecule has 0 radical (unpaired) electrons. The highest BCUT2D eigenvalue weighted by Crippen LogP contribution is 2.29. The molecule has 2 N–H and O–H groups in total. The smallest absolute Gasteiger partial charge is 0.00773 e. The number of aryl methyl sites for hydroxylation is 1. The summed E-state index contributed by atoms with van der Waals surface area (Å²) in [5.41, 5.74) is 10.2. The Labute approximate surface area is 113 Å². The molecule has 1 unspecified atom stereocenters. The van der Waals surface area contributed by atoms with Crippen molar-refractivity contribution in [3.63, 3.8) is 0 Å². The quantitative estimate of drug-likeness (QED) is 0.760. The molecule has 18 heavy (non-hydrogen) atoms. The molecule has 0 aliphatic heterocycles. The normalized spacial score (nSPS) is 13.7. The van der Waals surface area contributed by atoms with E-state index in [0.717, 1.165) is 13.0 Å². The van der Waals surface area contributed by atoms with Gasteiger partial charge in [0.05, 0.1) is 0 Å². The van der Waals surface area contributed by atoms with Gasteiger partial charge in [-0.25, -0.2) is 0 Å². The third-order valence-corrected chi connectivity index (χ3v) is 3.76. The van der Waals surface area contributed by atoms with Crippen molar-refractivity contribution in [2.24, 2.45) is 5.73 Å². The Kier molecular flexibility index (Phi) is 5.40. The summed E-state index contributed by atoms with van der Waals surface area (Å²) in [5.74, 6) is 0.644. The molecule has 0 amide bonds. The summed E-state index contributed by atoms with van der Waals surface area (Å²) in [5, 5.41) is 0. The number of benzene rings is 1. The largest absolute Gasteiger partial charge is 0.330 e. The van der Waals surface area contributed by atoms with E-state index in [2.05, 4.69) is 52.8 Å². The molecule has 0 fully saturated rings. The summed E-state index contributed by atoms with van der Waals surface area (Å²) in [7, 11) is 0. The molecule has 0 aromatic heterocycles. The van der Waals surface area contributed by atoms with Gasteiger partial charge < -0.3 is 5.73 Å². The molecule has 102 valence electrons. The Hall–Kier alpha value is -0.820. The highest BCUT2D eigenvalue weighted by molar-refractivity contribution is 5.36. The minimum Gasteiger partial charge on any atom is -0.330 e. The maximum atomic E-state index is 5.55. The second kappa shape index (κ2) is 6.38. The molecule has 1 aromatic carbocycles. The third-order valence-electron chi connectivity index (χ3n) is 3.76. The second-order valence-electron chi connectivity index (χ2n) is 6.51. The minimum atomic E-state index is 0.242. The van der Waals surface area contributed by atoms with Crippen LogP contribution in [0.5, 0.6) is 0 Å². The van der Waals surface area contributed by atoms with E-state index in [4.69, 9.17) is 5.73 Å². The molecule has 0 aliphatic rings. The van der Waals surface area contributed by atoms with E-state index >= 15 is 0 Å². The van der Waals surface area contributed by atoms with Crippen molar-refractivity contribution in [1.29, 1.82) is 0 Å². The van der Waals surface area contributed by atoms with Gasteiger partial charge in [-0.05, 0) is 54.3 Å². The van der Waals surface area contributed by atoms with Gasteiger partial charge in [-0.15, -0.1) is 0 Å². The van der Waals surface area contributed by atoms with Crippen LogP contribution in [0.3, 0.4) is 0 Å². The zero-order chi connectivity index (χ0) is 13.8. The minimum absolute atomic E-state index is 0.242. The van der Waals surface area contributed by atoms with E-state index < -0.39 is 0 Å². The Morgan fingerprint density at radius 1 is 1.17 bits per heavy atom. The fourth-order valence-electron chi connectivity index (χ4n) is 2.45. The predicted molar refractivity (Wildman–Crippen MR) is 81.2 cm³/mol. The van der Waals surface area contributed by atoms with E-state index in [-0.39, 0.29) is 5.41 Å². The topological polar surface area (TPSA) is 26.0 Å². The SMILES string of the molecule is Cc1cc(C(C)(C)C)ccc1C(C)CCCCN. The second-order valence-corrected chi connectivity index (χ2v) is 6.51. The van der Waals surface area contributed by atoms with Crippen LogP contribution in [0.2, 0.25) is 0 Å². The van der Waals surface area contributed by atoms with E-state index in [9.17, 15) is 0 Å². The lowest BCUT2D eigenvalue weighted by Gasteiger charge is -2.22. The molecule has 1 atom stereocenters. The first kappa shape index (κ1) is 15.2. The van der Waals surface area contributed by atoms with Crippen molar-refractivity contribution in [2.45, 2.75) is 65.2 Å². The molecule has 0 spiro atoms. The lowest BCUT2D eigenvalue weighted by Crippen LogP contribution is -2.12. The molecule has 1 heteroatoms. The fraction of sp³-hybridized carbons (Fsp3) is 0.647. The molecule has 0 heterocycles. The van der Waals surface area contributed by atoms with Gasteiger partial charge in [0.1, 0.15) is 0 Å². The maximum absolute atomic E-state index is 5.55. The van der Waals surface area contributed by atoms with Gasteiger partial charge in [0.15, 0.2) is 0 Å². The van der Waals surface area contributed by atoms with Gasteiger partial charge in [-0.2, -0.15) is 0 Å². The van der Waals surface area contributed by atoms with E-state index in [0.29, 0.717) is 5.92 Å². The first-order chi connectivity index (χ1) is 8.36. The van der Waals surface area contributed by atoms with Crippen molar-refractivity contribution in [2.75, 3.05) is 6.54 Å². The molecule has 0 aliphatic carbocycles. The predicted octanol–water partition coefficient (Wildman–Crippen LogP) is 4.53. The lowest BCUT2D eigenvalue weighted by molar-refractivity contribution is 0.585. The van der Waals surface area contributed by atoms with Crippen molar-refractivity contribution >= 4 is 0 Å². The van der Waals surface area contributed by atoms with Crippen LogP contribution in [0, 0.1) is 6.92 Å². The van der Waals surface area contributed by atoms with Crippen LogP contribution in [0.25, 0.3) is 0 Å². The highest BCUT2D eigenvalue weighted by atomic mass is 14.5. The van der Waals surface area contributed by atoms with Crippen LogP contribution in [0.1, 0.15) is 69.6 Å². The lowest BCUT2D eigenvalue weighted by atomic mass is 9.83. The van der Waals surface area contributed by atoms with Gasteiger partial charge in [-0.3, -0.25) is 0 Å². The molecule has 0 saturated carbocycles. The van der Waals surface area contributed by atoms with Gasteiger partial charge in [0, 0.05) is 0 Å². The van der Waals surface area contributed by atoms with E-state index in [1.165, 1.54) is 29.5 Å². The van der Waals surface area contributed by atoms with Crippen molar-refractivity contribution in [1.82, 2.24) is 0 Å². The molecule has 1 aromatic rings. The molecule has 0 saturated heterocycles. The standard InChI is InChI=1S/C17H29N/c1-13(8-6-7-11-18)16-10-9-15(12-14(16)2)17(3,4)5/h9-10,12-13H,6-8,11,18H2,1-5H3. The van der Waals surface area contributed by atoms with Crippen LogP contribution in [0.4, 0.5) is 0 Å². The van der Waals surface area contributed by atoms with Gasteiger partial charge >= 0.3 is 0 Å². The number of nitrogens with two attached hydrogens (primary N) is 1. The first-order valence-electron chi connectivity index (χ1n) is 7.17. The summed E-state index contributed by atoms with van der Waals surface area (Å²) in [6.07, 6.45) is 3.62. The highest BCUT2D eigenvalue weighted by Gasteiger charge is 2.16. The molecule has 0 bridgehead atoms.